The molecule has 32 heavy (non-hydrogen) atoms. The summed E-state index contributed by atoms with van der Waals surface area (Å²) in [6.07, 6.45) is -3.60. The molecule has 1 aliphatic heterocycles. The molecule has 0 radical (unpaired) electrons. The van der Waals surface area contributed by atoms with Crippen LogP contribution >= 0.6 is 0 Å². The molecule has 0 saturated heterocycles. The van der Waals surface area contributed by atoms with Crippen LogP contribution in [0.5, 0.6) is 5.75 Å². The lowest BCUT2D eigenvalue weighted by Crippen LogP contribution is -2.36. The summed E-state index contributed by atoms with van der Waals surface area (Å²) >= 11 is 0. The molecule has 3 atom stereocenters. The lowest BCUT2D eigenvalue weighted by Gasteiger charge is -2.34. The van der Waals surface area contributed by atoms with Crippen LogP contribution < -0.4 is 15.4 Å². The van der Waals surface area contributed by atoms with Gasteiger partial charge in [0.25, 0.3) is 5.91 Å². The number of carbonyl (C=O) groups excluding carboxylic acids is 1. The normalized spacial score (nSPS) is 18.9. The van der Waals surface area contributed by atoms with Crippen molar-refractivity contribution in [3.8, 4) is 5.75 Å². The van der Waals surface area contributed by atoms with Crippen LogP contribution in [0.4, 0.5) is 19.0 Å². The number of nitrogens with zero attached hydrogens (tertiary/aromatic N) is 2. The number of carbonyl (C=O) groups is 1. The van der Waals surface area contributed by atoms with Gasteiger partial charge in [0, 0.05) is 6.42 Å². The molecule has 9 heteroatoms. The molecule has 4 rings (SSSR count). The number of fused-ring (bicyclic) bond motifs is 1. The van der Waals surface area contributed by atoms with E-state index in [2.05, 4.69) is 15.7 Å². The topological polar surface area (TPSA) is 68.2 Å². The van der Waals surface area contributed by atoms with E-state index >= 15 is 0 Å². The first kappa shape index (κ1) is 21.7. The largest absolute Gasteiger partial charge is 0.497 e. The third-order valence-electron chi connectivity index (χ3n) is 5.63. The van der Waals surface area contributed by atoms with Crippen molar-refractivity contribution in [2.24, 2.45) is 0 Å². The summed E-state index contributed by atoms with van der Waals surface area (Å²) in [4.78, 5) is 13.0. The molecule has 0 unspecified atom stereocenters. The highest BCUT2D eigenvalue weighted by Crippen LogP contribution is 2.44. The number of anilines is 1. The van der Waals surface area contributed by atoms with E-state index in [0.29, 0.717) is 11.3 Å². The van der Waals surface area contributed by atoms with Crippen LogP contribution in [0.25, 0.3) is 0 Å². The van der Waals surface area contributed by atoms with E-state index < -0.39 is 24.2 Å². The molecule has 0 saturated carbocycles. The molecule has 3 aromatic rings. The second-order valence-electron chi connectivity index (χ2n) is 7.72. The highest BCUT2D eigenvalue weighted by atomic mass is 19.4. The first-order valence-electron chi connectivity index (χ1n) is 10.2. The summed E-state index contributed by atoms with van der Waals surface area (Å²) in [7, 11) is 1.50. The Bertz CT molecular complexity index is 1100. The standard InChI is InChI=1S/C23H23F3N4O2/c1-14(15-7-4-3-5-8-15)28-22(31)18-13-27-30-20(23(24,25)26)12-19(29-21(18)30)16-9-6-10-17(11-16)32-2/h3-11,13-14,19-20,29H,12H2,1-2H3,(H,28,31)/t14-,19-,20+/m0/s1. The van der Waals surface area contributed by atoms with E-state index in [0.717, 1.165) is 10.2 Å². The number of hydrogen-bond acceptors (Lipinski definition) is 4. The lowest BCUT2D eigenvalue weighted by atomic mass is 9.96. The van der Waals surface area contributed by atoms with Gasteiger partial charge in [0.15, 0.2) is 6.04 Å². The summed E-state index contributed by atoms with van der Waals surface area (Å²) in [6.45, 7) is 1.81. The lowest BCUT2D eigenvalue weighted by molar-refractivity contribution is -0.173. The van der Waals surface area contributed by atoms with Gasteiger partial charge in [-0.1, -0.05) is 42.5 Å². The number of halogens is 3. The van der Waals surface area contributed by atoms with E-state index in [4.69, 9.17) is 4.74 Å². The smallest absolute Gasteiger partial charge is 0.410 e. The number of amides is 1. The van der Waals surface area contributed by atoms with Crippen molar-refractivity contribution in [1.82, 2.24) is 15.1 Å². The quantitative estimate of drug-likeness (QED) is 0.578. The summed E-state index contributed by atoms with van der Waals surface area (Å²) in [5.41, 5.74) is 1.59. The molecule has 2 aromatic carbocycles. The Morgan fingerprint density at radius 2 is 1.97 bits per heavy atom. The molecule has 0 fully saturated rings. The number of hydrogen-bond donors (Lipinski definition) is 2. The van der Waals surface area contributed by atoms with Gasteiger partial charge in [0.05, 0.1) is 25.4 Å². The van der Waals surface area contributed by atoms with Crippen molar-refractivity contribution in [2.75, 3.05) is 12.4 Å². The molecular formula is C23H23F3N4O2. The van der Waals surface area contributed by atoms with Gasteiger partial charge in [0.2, 0.25) is 0 Å². The first-order chi connectivity index (χ1) is 15.3. The summed E-state index contributed by atoms with van der Waals surface area (Å²) in [6, 6.07) is 13.3. The van der Waals surface area contributed by atoms with E-state index in [1.54, 1.807) is 24.3 Å². The van der Waals surface area contributed by atoms with E-state index in [-0.39, 0.29) is 23.8 Å². The number of alkyl halides is 3. The average Bonchev–Trinajstić information content (AvgIpc) is 3.22. The molecule has 0 spiro atoms. The highest BCUT2D eigenvalue weighted by molar-refractivity contribution is 5.99. The molecule has 2 N–H and O–H groups in total. The summed E-state index contributed by atoms with van der Waals surface area (Å²) in [5, 5.41) is 9.85. The molecule has 1 aliphatic rings. The second kappa shape index (κ2) is 8.57. The summed E-state index contributed by atoms with van der Waals surface area (Å²) in [5.74, 6) is 0.0908. The number of rotatable bonds is 5. The Kier molecular flexibility index (Phi) is 5.82. The minimum absolute atomic E-state index is 0.0455. The van der Waals surface area contributed by atoms with Crippen LogP contribution in [0.2, 0.25) is 0 Å². The fourth-order valence-corrected chi connectivity index (χ4v) is 3.91. The first-order valence-corrected chi connectivity index (χ1v) is 10.2. The van der Waals surface area contributed by atoms with Crippen LogP contribution in [0.3, 0.4) is 0 Å². The van der Waals surface area contributed by atoms with Gasteiger partial charge < -0.3 is 15.4 Å². The van der Waals surface area contributed by atoms with E-state index in [1.807, 2.05) is 37.3 Å². The van der Waals surface area contributed by atoms with Crippen molar-refractivity contribution < 1.29 is 22.7 Å². The van der Waals surface area contributed by atoms with Crippen molar-refractivity contribution in [2.45, 2.75) is 37.6 Å². The third-order valence-corrected chi connectivity index (χ3v) is 5.63. The molecule has 6 nitrogen and oxygen atoms in total. The zero-order valence-corrected chi connectivity index (χ0v) is 17.6. The Labute approximate surface area is 183 Å². The molecule has 1 aromatic heterocycles. The van der Waals surface area contributed by atoms with Gasteiger partial charge in [-0.3, -0.25) is 4.79 Å². The van der Waals surface area contributed by atoms with Crippen molar-refractivity contribution >= 4 is 11.7 Å². The Hall–Kier alpha value is -3.49. The van der Waals surface area contributed by atoms with Gasteiger partial charge >= 0.3 is 6.18 Å². The molecule has 0 aliphatic carbocycles. The highest BCUT2D eigenvalue weighted by Gasteiger charge is 2.47. The van der Waals surface area contributed by atoms with Crippen LogP contribution in [0, 0.1) is 0 Å². The average molecular weight is 444 g/mol. The van der Waals surface area contributed by atoms with E-state index in [9.17, 15) is 18.0 Å². The van der Waals surface area contributed by atoms with Gasteiger partial charge in [-0.2, -0.15) is 18.3 Å². The summed E-state index contributed by atoms with van der Waals surface area (Å²) < 4.78 is 47.7. The predicted molar refractivity (Wildman–Crippen MR) is 114 cm³/mol. The molecule has 2 heterocycles. The monoisotopic (exact) mass is 444 g/mol. The third kappa shape index (κ3) is 4.28. The number of nitrogens with one attached hydrogen (secondary N) is 2. The number of benzene rings is 2. The molecule has 1 amide bonds. The predicted octanol–water partition coefficient (Wildman–Crippen LogP) is 5.04. The van der Waals surface area contributed by atoms with Crippen molar-refractivity contribution in [3.63, 3.8) is 0 Å². The van der Waals surface area contributed by atoms with E-state index in [1.165, 1.54) is 13.3 Å². The fraction of sp³-hybridized carbons (Fsp3) is 0.304. The molecular weight excluding hydrogens is 421 g/mol. The maximum absolute atomic E-state index is 13.9. The van der Waals surface area contributed by atoms with Gasteiger partial charge in [-0.25, -0.2) is 4.68 Å². The number of aromatic nitrogens is 2. The zero-order chi connectivity index (χ0) is 22.9. The van der Waals surface area contributed by atoms with Gasteiger partial charge in [0.1, 0.15) is 17.1 Å². The minimum Gasteiger partial charge on any atom is -0.497 e. The zero-order valence-electron chi connectivity index (χ0n) is 17.6. The minimum atomic E-state index is -4.52. The number of ether oxygens (including phenoxy) is 1. The van der Waals surface area contributed by atoms with Crippen LogP contribution in [0.1, 0.15) is 53.0 Å². The Balaban J connectivity index is 1.66. The van der Waals surface area contributed by atoms with Crippen LogP contribution in [-0.2, 0) is 0 Å². The van der Waals surface area contributed by atoms with Crippen LogP contribution in [0.15, 0.2) is 60.8 Å². The van der Waals surface area contributed by atoms with Crippen molar-refractivity contribution in [1.29, 1.82) is 0 Å². The second-order valence-corrected chi connectivity index (χ2v) is 7.72. The van der Waals surface area contributed by atoms with Crippen molar-refractivity contribution in [3.05, 3.63) is 77.5 Å². The SMILES string of the molecule is COc1cccc([C@@H]2C[C@H](C(F)(F)F)n3ncc(C(=O)N[C@@H](C)c4ccccc4)c3N2)c1. The molecule has 0 bridgehead atoms. The maximum Gasteiger partial charge on any atom is 0.410 e. The Morgan fingerprint density at radius 1 is 1.22 bits per heavy atom. The van der Waals surface area contributed by atoms with Gasteiger partial charge in [-0.15, -0.1) is 0 Å². The maximum atomic E-state index is 13.9. The van der Waals surface area contributed by atoms with Crippen LogP contribution in [-0.4, -0.2) is 29.0 Å². The Morgan fingerprint density at radius 3 is 2.66 bits per heavy atom. The fourth-order valence-electron chi connectivity index (χ4n) is 3.91. The molecule has 168 valence electrons. The van der Waals surface area contributed by atoms with Gasteiger partial charge in [-0.05, 0) is 30.2 Å². The number of methoxy groups -OCH3 is 1.